The molecule has 0 aliphatic heterocycles. The molecular weight excluding hydrogens is 268 g/mol. The van der Waals surface area contributed by atoms with Crippen molar-refractivity contribution in [1.82, 2.24) is 10.2 Å². The maximum Gasteiger partial charge on any atom is 0.410 e. The van der Waals surface area contributed by atoms with Gasteiger partial charge in [-0.2, -0.15) is 0 Å². The highest BCUT2D eigenvalue weighted by atomic mass is 16.6. The fourth-order valence-electron chi connectivity index (χ4n) is 2.00. The van der Waals surface area contributed by atoms with Gasteiger partial charge in [-0.3, -0.25) is 0 Å². The van der Waals surface area contributed by atoms with E-state index < -0.39 is 5.60 Å². The van der Waals surface area contributed by atoms with Gasteiger partial charge in [0.15, 0.2) is 0 Å². The van der Waals surface area contributed by atoms with Gasteiger partial charge in [-0.15, -0.1) is 0 Å². The maximum absolute atomic E-state index is 12.3. The first-order valence-corrected chi connectivity index (χ1v) is 7.86. The number of carbonyl (C=O) groups excluding carboxylic acids is 1. The van der Waals surface area contributed by atoms with E-state index in [-0.39, 0.29) is 24.3 Å². The molecule has 0 aliphatic carbocycles. The molecule has 0 aromatic rings. The fourth-order valence-corrected chi connectivity index (χ4v) is 2.00. The van der Waals surface area contributed by atoms with Gasteiger partial charge in [-0.25, -0.2) is 4.79 Å². The number of nitrogens with one attached hydrogen (secondary N) is 1. The second kappa shape index (κ2) is 8.59. The zero-order chi connectivity index (χ0) is 16.7. The van der Waals surface area contributed by atoms with Crippen molar-refractivity contribution in [2.24, 2.45) is 0 Å². The quantitative estimate of drug-likeness (QED) is 0.759. The summed E-state index contributed by atoms with van der Waals surface area (Å²) in [5, 5.41) is 12.4. The zero-order valence-electron chi connectivity index (χ0n) is 14.8. The van der Waals surface area contributed by atoms with Gasteiger partial charge in [0, 0.05) is 31.3 Å². The van der Waals surface area contributed by atoms with Crippen molar-refractivity contribution in [3.63, 3.8) is 0 Å². The Morgan fingerprint density at radius 3 is 2.19 bits per heavy atom. The van der Waals surface area contributed by atoms with Gasteiger partial charge in [0.2, 0.25) is 0 Å². The molecule has 1 unspecified atom stereocenters. The molecule has 5 heteroatoms. The summed E-state index contributed by atoms with van der Waals surface area (Å²) in [6.45, 7) is 15.2. The summed E-state index contributed by atoms with van der Waals surface area (Å²) in [7, 11) is 0. The van der Waals surface area contributed by atoms with E-state index in [0.717, 1.165) is 12.8 Å². The minimum absolute atomic E-state index is 0.181. The van der Waals surface area contributed by atoms with Crippen molar-refractivity contribution in [2.45, 2.75) is 78.5 Å². The topological polar surface area (TPSA) is 61.8 Å². The lowest BCUT2D eigenvalue weighted by atomic mass is 10.1. The molecule has 0 aliphatic rings. The minimum Gasteiger partial charge on any atom is -0.444 e. The van der Waals surface area contributed by atoms with Gasteiger partial charge in [0.05, 0.1) is 0 Å². The number of ether oxygens (including phenoxy) is 1. The van der Waals surface area contributed by atoms with Crippen LogP contribution < -0.4 is 5.32 Å². The van der Waals surface area contributed by atoms with E-state index in [9.17, 15) is 4.79 Å². The molecule has 0 spiro atoms. The Morgan fingerprint density at radius 2 is 1.81 bits per heavy atom. The zero-order valence-corrected chi connectivity index (χ0v) is 14.8. The smallest absolute Gasteiger partial charge is 0.410 e. The Bertz CT molecular complexity index is 306. The monoisotopic (exact) mass is 302 g/mol. The molecule has 1 atom stereocenters. The first-order valence-electron chi connectivity index (χ1n) is 7.86. The first kappa shape index (κ1) is 20.2. The van der Waals surface area contributed by atoms with Crippen molar-refractivity contribution in [2.75, 3.05) is 19.7 Å². The third kappa shape index (κ3) is 8.94. The van der Waals surface area contributed by atoms with Crippen molar-refractivity contribution >= 4 is 6.09 Å². The number of amides is 1. The molecular formula is C16H34N2O3. The summed E-state index contributed by atoms with van der Waals surface area (Å²) in [5.74, 6) is 0. The van der Waals surface area contributed by atoms with E-state index in [4.69, 9.17) is 9.84 Å². The number of hydrogen-bond donors (Lipinski definition) is 2. The van der Waals surface area contributed by atoms with Crippen LogP contribution in [0.1, 0.15) is 61.3 Å². The lowest BCUT2D eigenvalue weighted by Gasteiger charge is -2.37. The molecule has 0 fully saturated rings. The van der Waals surface area contributed by atoms with E-state index in [2.05, 4.69) is 12.2 Å². The Morgan fingerprint density at radius 1 is 1.24 bits per heavy atom. The Hall–Kier alpha value is -0.810. The van der Waals surface area contributed by atoms with Crippen molar-refractivity contribution in [3.05, 3.63) is 0 Å². The van der Waals surface area contributed by atoms with Crippen LogP contribution >= 0.6 is 0 Å². The predicted molar refractivity (Wildman–Crippen MR) is 86.5 cm³/mol. The number of hydrogen-bond acceptors (Lipinski definition) is 4. The Balaban J connectivity index is 4.55. The van der Waals surface area contributed by atoms with Crippen LogP contribution in [0.3, 0.4) is 0 Å². The van der Waals surface area contributed by atoms with Gasteiger partial charge < -0.3 is 20.1 Å². The molecule has 126 valence electrons. The van der Waals surface area contributed by atoms with Crippen molar-refractivity contribution < 1.29 is 14.6 Å². The standard InChI is InChI=1S/C16H34N2O3/c1-8-13(9-12-19)17-10-11-18(15(2,3)4)14(20)21-16(5,6)7/h13,17,19H,8-12H2,1-7H3. The summed E-state index contributed by atoms with van der Waals surface area (Å²) in [6.07, 6.45) is 1.41. The number of aliphatic hydroxyl groups is 1. The summed E-state index contributed by atoms with van der Waals surface area (Å²) < 4.78 is 5.48. The molecule has 5 nitrogen and oxygen atoms in total. The van der Waals surface area contributed by atoms with Crippen LogP contribution in [0.4, 0.5) is 4.79 Å². The molecule has 0 saturated heterocycles. The first-order chi connectivity index (χ1) is 9.51. The number of aliphatic hydroxyl groups excluding tert-OH is 1. The summed E-state index contributed by atoms with van der Waals surface area (Å²) in [5.41, 5.74) is -0.778. The van der Waals surface area contributed by atoms with Crippen LogP contribution in [0, 0.1) is 0 Å². The van der Waals surface area contributed by atoms with Crippen molar-refractivity contribution in [3.8, 4) is 0 Å². The van der Waals surface area contributed by atoms with Crippen molar-refractivity contribution in [1.29, 1.82) is 0 Å². The summed E-state index contributed by atoms with van der Waals surface area (Å²) >= 11 is 0. The highest BCUT2D eigenvalue weighted by Gasteiger charge is 2.30. The maximum atomic E-state index is 12.3. The molecule has 0 radical (unpaired) electrons. The van der Waals surface area contributed by atoms with Gasteiger partial charge in [0.1, 0.15) is 5.60 Å². The predicted octanol–water partition coefficient (Wildman–Crippen LogP) is 2.77. The van der Waals surface area contributed by atoms with E-state index in [0.29, 0.717) is 13.1 Å². The lowest BCUT2D eigenvalue weighted by molar-refractivity contribution is 0.00639. The van der Waals surface area contributed by atoms with Crippen LogP contribution in [-0.4, -0.2) is 53.0 Å². The van der Waals surface area contributed by atoms with Gasteiger partial charge in [-0.1, -0.05) is 6.92 Å². The molecule has 0 heterocycles. The van der Waals surface area contributed by atoms with Gasteiger partial charge in [0.25, 0.3) is 0 Å². The summed E-state index contributed by atoms with van der Waals surface area (Å²) in [4.78, 5) is 14.1. The Kier molecular flexibility index (Phi) is 8.26. The van der Waals surface area contributed by atoms with Crippen LogP contribution in [0.2, 0.25) is 0 Å². The highest BCUT2D eigenvalue weighted by molar-refractivity contribution is 5.69. The molecule has 1 amide bonds. The van der Waals surface area contributed by atoms with E-state index in [1.54, 1.807) is 4.90 Å². The third-order valence-electron chi connectivity index (χ3n) is 3.16. The van der Waals surface area contributed by atoms with Crippen LogP contribution in [0.25, 0.3) is 0 Å². The average Bonchev–Trinajstić information content (AvgIpc) is 2.28. The minimum atomic E-state index is -0.489. The van der Waals surface area contributed by atoms with Crippen LogP contribution in [0.15, 0.2) is 0 Å². The van der Waals surface area contributed by atoms with E-state index >= 15 is 0 Å². The molecule has 0 saturated carbocycles. The number of carbonyl (C=O) groups is 1. The SMILES string of the molecule is CCC(CCO)NCCN(C(=O)OC(C)(C)C)C(C)(C)C. The molecule has 0 aromatic carbocycles. The highest BCUT2D eigenvalue weighted by Crippen LogP contribution is 2.18. The normalized spacial score (nSPS) is 13.9. The molecule has 0 aromatic heterocycles. The van der Waals surface area contributed by atoms with E-state index in [1.807, 2.05) is 41.5 Å². The molecule has 21 heavy (non-hydrogen) atoms. The molecule has 0 bridgehead atoms. The van der Waals surface area contributed by atoms with Gasteiger partial charge in [-0.05, 0) is 54.4 Å². The molecule has 2 N–H and O–H groups in total. The van der Waals surface area contributed by atoms with Gasteiger partial charge >= 0.3 is 6.09 Å². The third-order valence-corrected chi connectivity index (χ3v) is 3.16. The van der Waals surface area contributed by atoms with Crippen LogP contribution in [-0.2, 0) is 4.74 Å². The van der Waals surface area contributed by atoms with Crippen LogP contribution in [0.5, 0.6) is 0 Å². The summed E-state index contributed by atoms with van der Waals surface area (Å²) in [6, 6.07) is 0.287. The van der Waals surface area contributed by atoms with E-state index in [1.165, 1.54) is 0 Å². The fraction of sp³-hybridized carbons (Fsp3) is 0.938. The number of nitrogens with zero attached hydrogens (tertiary/aromatic N) is 1. The Labute approximate surface area is 130 Å². The second-order valence-corrected chi connectivity index (χ2v) is 7.37. The number of rotatable bonds is 7. The largest absolute Gasteiger partial charge is 0.444 e. The molecule has 0 rings (SSSR count). The average molecular weight is 302 g/mol. The lowest BCUT2D eigenvalue weighted by Crippen LogP contribution is -2.51. The second-order valence-electron chi connectivity index (χ2n) is 7.37.